The van der Waals surface area contributed by atoms with Gasteiger partial charge in [-0.05, 0) is 42.2 Å². The molecule has 3 N–H and O–H groups in total. The molecule has 0 fully saturated rings. The molecule has 0 radical (unpaired) electrons. The quantitative estimate of drug-likeness (QED) is 0.487. The van der Waals surface area contributed by atoms with Crippen molar-refractivity contribution in [3.8, 4) is 5.75 Å². The van der Waals surface area contributed by atoms with Crippen molar-refractivity contribution in [3.63, 3.8) is 0 Å². The summed E-state index contributed by atoms with van der Waals surface area (Å²) in [6.45, 7) is 3.66. The monoisotopic (exact) mass is 411 g/mol. The van der Waals surface area contributed by atoms with E-state index in [0.717, 1.165) is 30.7 Å². The van der Waals surface area contributed by atoms with Gasteiger partial charge in [-0.25, -0.2) is 0 Å². The van der Waals surface area contributed by atoms with Crippen molar-refractivity contribution in [3.05, 3.63) is 102 Å². The summed E-state index contributed by atoms with van der Waals surface area (Å²) in [5.41, 5.74) is 3.44. The number of halogens is 1. The first kappa shape index (κ1) is 23.0. The van der Waals surface area contributed by atoms with Gasteiger partial charge in [0.2, 0.25) is 0 Å². The van der Waals surface area contributed by atoms with Crippen LogP contribution < -0.4 is 22.5 Å². The van der Waals surface area contributed by atoms with Gasteiger partial charge in [-0.3, -0.25) is 0 Å². The molecule has 3 nitrogen and oxygen atoms in total. The predicted molar refractivity (Wildman–Crippen MR) is 113 cm³/mol. The van der Waals surface area contributed by atoms with Crippen LogP contribution in [0.2, 0.25) is 0 Å². The van der Waals surface area contributed by atoms with Crippen LogP contribution in [0.4, 0.5) is 0 Å². The van der Waals surface area contributed by atoms with Crippen molar-refractivity contribution in [2.45, 2.75) is 38.5 Å². The Morgan fingerprint density at radius 1 is 0.862 bits per heavy atom. The lowest BCUT2D eigenvalue weighted by Gasteiger charge is -2.17. The molecule has 0 aliphatic rings. The third-order valence-electron chi connectivity index (χ3n) is 4.99. The molecule has 0 amide bonds. The summed E-state index contributed by atoms with van der Waals surface area (Å²) in [5.74, 6) is 0.915. The average Bonchev–Trinajstić information content (AvgIpc) is 2.76. The van der Waals surface area contributed by atoms with Gasteiger partial charge >= 0.3 is 0 Å². The number of ether oxygens (including phenoxy) is 1. The number of quaternary nitrogens is 1. The molecule has 4 heteroatoms. The van der Waals surface area contributed by atoms with Gasteiger partial charge in [-0.2, -0.15) is 0 Å². The smallest absolute Gasteiger partial charge is 0.130 e. The Bertz CT molecular complexity index is 826. The Balaban J connectivity index is 0.00000300. The lowest BCUT2D eigenvalue weighted by molar-refractivity contribution is -0.694. The number of hydrogen-bond acceptors (Lipinski definition) is 2. The van der Waals surface area contributed by atoms with Crippen LogP contribution in [0.15, 0.2) is 84.9 Å². The molecule has 3 rings (SSSR count). The van der Waals surface area contributed by atoms with Crippen molar-refractivity contribution >= 4 is 0 Å². The number of nitrogens with two attached hydrogens (primary N) is 1. The Morgan fingerprint density at radius 3 is 2.24 bits per heavy atom. The molecule has 0 aromatic heterocycles. The zero-order chi connectivity index (χ0) is 19.6. The highest BCUT2D eigenvalue weighted by atomic mass is 35.5. The van der Waals surface area contributed by atoms with Gasteiger partial charge < -0.3 is 27.6 Å². The van der Waals surface area contributed by atoms with Crippen LogP contribution in [0.3, 0.4) is 0 Å². The number of benzene rings is 3. The zero-order valence-electron chi connectivity index (χ0n) is 16.9. The lowest BCUT2D eigenvalue weighted by atomic mass is 10.0. The Labute approximate surface area is 180 Å². The second-order valence-electron chi connectivity index (χ2n) is 7.26. The minimum Gasteiger partial charge on any atom is -1.00 e. The Kier molecular flexibility index (Phi) is 9.72. The fraction of sp³-hybridized carbons (Fsp3) is 0.280. The first-order valence-corrected chi connectivity index (χ1v) is 10.0. The standard InChI is InChI=1S/C25H29NO2.ClH/c1-20(25(27)23-14-6-3-7-15-23)26-17-9-13-21-12-8-16-24(18-21)28-19-22-10-4-2-5-11-22;/h2-8,10-12,14-16,18,20,25-27H,9,13,17,19H2,1H3;1H. The summed E-state index contributed by atoms with van der Waals surface area (Å²) in [6, 6.07) is 28.6. The Morgan fingerprint density at radius 2 is 1.52 bits per heavy atom. The molecule has 3 aromatic rings. The van der Waals surface area contributed by atoms with Gasteiger partial charge in [0.25, 0.3) is 0 Å². The second kappa shape index (κ2) is 12.3. The number of aliphatic hydroxyl groups excluding tert-OH is 1. The fourth-order valence-electron chi connectivity index (χ4n) is 3.30. The first-order chi connectivity index (χ1) is 13.7. The maximum absolute atomic E-state index is 10.4. The number of rotatable bonds is 10. The molecule has 0 spiro atoms. The Hall–Kier alpha value is -2.33. The van der Waals surface area contributed by atoms with Crippen LogP contribution in [0.5, 0.6) is 5.75 Å². The highest BCUT2D eigenvalue weighted by Gasteiger charge is 2.18. The molecule has 0 saturated carbocycles. The van der Waals surface area contributed by atoms with Gasteiger partial charge in [0, 0.05) is 6.42 Å². The van der Waals surface area contributed by atoms with Crippen molar-refractivity contribution in [2.24, 2.45) is 0 Å². The zero-order valence-corrected chi connectivity index (χ0v) is 17.6. The van der Waals surface area contributed by atoms with E-state index in [1.807, 2.05) is 54.6 Å². The summed E-state index contributed by atoms with van der Waals surface area (Å²) in [5, 5.41) is 12.7. The molecule has 0 heterocycles. The molecule has 154 valence electrons. The number of aliphatic hydroxyl groups is 1. The van der Waals surface area contributed by atoms with E-state index in [4.69, 9.17) is 4.74 Å². The largest absolute Gasteiger partial charge is 1.00 e. The molecule has 2 atom stereocenters. The van der Waals surface area contributed by atoms with Gasteiger partial charge in [0.15, 0.2) is 0 Å². The van der Waals surface area contributed by atoms with Crippen molar-refractivity contribution in [2.75, 3.05) is 6.54 Å². The van der Waals surface area contributed by atoms with Crippen molar-refractivity contribution in [1.29, 1.82) is 0 Å². The number of hydrogen-bond donors (Lipinski definition) is 2. The third-order valence-corrected chi connectivity index (χ3v) is 4.99. The van der Waals surface area contributed by atoms with E-state index in [2.05, 4.69) is 42.6 Å². The summed E-state index contributed by atoms with van der Waals surface area (Å²) >= 11 is 0. The molecular formula is C25H30ClNO2. The van der Waals surface area contributed by atoms with Gasteiger partial charge in [-0.1, -0.05) is 72.8 Å². The minimum absolute atomic E-state index is 0. The van der Waals surface area contributed by atoms with Crippen LogP contribution >= 0.6 is 0 Å². The molecule has 2 unspecified atom stereocenters. The average molecular weight is 412 g/mol. The molecule has 0 saturated heterocycles. The summed E-state index contributed by atoms with van der Waals surface area (Å²) in [6.07, 6.45) is 1.64. The molecule has 29 heavy (non-hydrogen) atoms. The highest BCUT2D eigenvalue weighted by Crippen LogP contribution is 2.16. The third kappa shape index (κ3) is 7.54. The highest BCUT2D eigenvalue weighted by molar-refractivity contribution is 5.29. The first-order valence-electron chi connectivity index (χ1n) is 10.0. The van der Waals surface area contributed by atoms with E-state index in [1.54, 1.807) is 0 Å². The fourth-order valence-corrected chi connectivity index (χ4v) is 3.30. The van der Waals surface area contributed by atoms with Crippen molar-refractivity contribution < 1.29 is 27.6 Å². The van der Waals surface area contributed by atoms with Crippen LogP contribution in [-0.4, -0.2) is 17.7 Å². The minimum atomic E-state index is -0.434. The van der Waals surface area contributed by atoms with Crippen LogP contribution in [0.1, 0.15) is 36.1 Å². The van der Waals surface area contributed by atoms with Gasteiger partial charge in [-0.15, -0.1) is 0 Å². The van der Waals surface area contributed by atoms with E-state index >= 15 is 0 Å². The van der Waals surface area contributed by atoms with Gasteiger partial charge in [0.05, 0.1) is 6.54 Å². The second-order valence-corrected chi connectivity index (χ2v) is 7.26. The van der Waals surface area contributed by atoms with Crippen LogP contribution in [-0.2, 0) is 13.0 Å². The summed E-state index contributed by atoms with van der Waals surface area (Å²) < 4.78 is 5.92. The number of aryl methyl sites for hydroxylation is 1. The van der Waals surface area contributed by atoms with E-state index in [1.165, 1.54) is 11.1 Å². The molecule has 3 aromatic carbocycles. The maximum atomic E-state index is 10.4. The van der Waals surface area contributed by atoms with Crippen LogP contribution in [0, 0.1) is 0 Å². The van der Waals surface area contributed by atoms with Gasteiger partial charge in [0.1, 0.15) is 24.5 Å². The van der Waals surface area contributed by atoms with E-state index < -0.39 is 6.10 Å². The molecule has 0 bridgehead atoms. The predicted octanol–water partition coefficient (Wildman–Crippen LogP) is 0.888. The van der Waals surface area contributed by atoms with E-state index in [0.29, 0.717) is 6.61 Å². The van der Waals surface area contributed by atoms with Crippen molar-refractivity contribution in [1.82, 2.24) is 0 Å². The summed E-state index contributed by atoms with van der Waals surface area (Å²) in [7, 11) is 0. The van der Waals surface area contributed by atoms with E-state index in [-0.39, 0.29) is 18.4 Å². The molecule has 0 aliphatic carbocycles. The summed E-state index contributed by atoms with van der Waals surface area (Å²) in [4.78, 5) is 0. The normalized spacial score (nSPS) is 12.6. The maximum Gasteiger partial charge on any atom is 0.130 e. The topological polar surface area (TPSA) is 46.1 Å². The lowest BCUT2D eigenvalue weighted by Crippen LogP contribution is -3.00. The molecular weight excluding hydrogens is 382 g/mol. The van der Waals surface area contributed by atoms with E-state index in [9.17, 15) is 5.11 Å². The SMILES string of the molecule is CC([NH2+]CCCc1cccc(OCc2ccccc2)c1)C(O)c1ccccc1.[Cl-]. The van der Waals surface area contributed by atoms with Crippen LogP contribution in [0.25, 0.3) is 0 Å². The molecule has 0 aliphatic heterocycles.